The Bertz CT molecular complexity index is 3120. The SMILES string of the molecule is CC1(C)C2=C(CCC(c3c4ccccc4c(C4=Cc5ccc(C6=c7ccccc7=C(C7=CC=CCC7)C7C=CC=CC67)cc5CC4)c4ccccc34)=C2)c2ccccc21. The van der Waals surface area contributed by atoms with Crippen LogP contribution in [0, 0.1) is 11.8 Å². The van der Waals surface area contributed by atoms with Crippen molar-refractivity contribution < 1.29 is 0 Å². The van der Waals surface area contributed by atoms with E-state index in [9.17, 15) is 0 Å². The fourth-order valence-electron chi connectivity index (χ4n) is 11.9. The van der Waals surface area contributed by atoms with E-state index in [1.54, 1.807) is 5.57 Å². The number of aryl methyl sites for hydroxylation is 1. The molecule has 2 atom stereocenters. The zero-order chi connectivity index (χ0) is 39.2. The first-order valence-corrected chi connectivity index (χ1v) is 21.9. The lowest BCUT2D eigenvalue weighted by Gasteiger charge is -2.34. The predicted octanol–water partition coefficient (Wildman–Crippen LogP) is 13.4. The van der Waals surface area contributed by atoms with Gasteiger partial charge in [0.1, 0.15) is 0 Å². The van der Waals surface area contributed by atoms with Crippen LogP contribution in [-0.4, -0.2) is 0 Å². The van der Waals surface area contributed by atoms with Crippen LogP contribution in [0.3, 0.4) is 0 Å². The highest BCUT2D eigenvalue weighted by molar-refractivity contribution is 6.17. The van der Waals surface area contributed by atoms with E-state index in [-0.39, 0.29) is 5.41 Å². The molecule has 0 nitrogen and oxygen atoms in total. The molecule has 6 aromatic rings. The molecule has 0 aliphatic heterocycles. The maximum atomic E-state index is 2.58. The van der Waals surface area contributed by atoms with Crippen LogP contribution in [0.15, 0.2) is 175 Å². The quantitative estimate of drug-likeness (QED) is 0.157. The van der Waals surface area contributed by atoms with Crippen molar-refractivity contribution in [3.05, 3.63) is 224 Å². The summed E-state index contributed by atoms with van der Waals surface area (Å²) in [6, 6.07) is 44.2. The van der Waals surface area contributed by atoms with E-state index in [0.29, 0.717) is 11.8 Å². The summed E-state index contributed by atoms with van der Waals surface area (Å²) >= 11 is 0. The first kappa shape index (κ1) is 34.8. The van der Waals surface area contributed by atoms with Crippen molar-refractivity contribution in [2.24, 2.45) is 11.8 Å². The number of allylic oxidation sites excluding steroid dienone is 13. The van der Waals surface area contributed by atoms with Gasteiger partial charge in [-0.15, -0.1) is 0 Å². The second-order valence-corrected chi connectivity index (χ2v) is 18.0. The summed E-state index contributed by atoms with van der Waals surface area (Å²) in [5, 5.41) is 8.29. The van der Waals surface area contributed by atoms with Gasteiger partial charge in [0.25, 0.3) is 0 Å². The van der Waals surface area contributed by atoms with Gasteiger partial charge in [0.2, 0.25) is 0 Å². The highest BCUT2D eigenvalue weighted by Gasteiger charge is 2.38. The van der Waals surface area contributed by atoms with Crippen LogP contribution in [-0.2, 0) is 11.8 Å². The van der Waals surface area contributed by atoms with Crippen molar-refractivity contribution in [3.63, 3.8) is 0 Å². The van der Waals surface area contributed by atoms with E-state index < -0.39 is 0 Å². The third-order valence-corrected chi connectivity index (χ3v) is 14.6. The van der Waals surface area contributed by atoms with Gasteiger partial charge in [0.05, 0.1) is 0 Å². The van der Waals surface area contributed by atoms with Crippen molar-refractivity contribution >= 4 is 55.5 Å². The Kier molecular flexibility index (Phi) is 7.90. The number of fused-ring (bicyclic) bond motifs is 7. The van der Waals surface area contributed by atoms with Crippen LogP contribution in [0.4, 0.5) is 0 Å². The number of benzene rings is 6. The van der Waals surface area contributed by atoms with Crippen LogP contribution >= 0.6 is 0 Å². The van der Waals surface area contributed by atoms with Gasteiger partial charge >= 0.3 is 0 Å². The molecule has 6 aliphatic rings. The fraction of sp³-hybridized carbons (Fsp3) is 0.186. The van der Waals surface area contributed by atoms with Crippen molar-refractivity contribution in [3.8, 4) is 0 Å². The Labute approximate surface area is 348 Å². The molecule has 6 aromatic carbocycles. The van der Waals surface area contributed by atoms with Gasteiger partial charge in [-0.3, -0.25) is 0 Å². The first-order chi connectivity index (χ1) is 29.0. The molecule has 0 N–H and O–H groups in total. The Hall–Kier alpha value is -6.24. The minimum Gasteiger partial charge on any atom is -0.0842 e. The van der Waals surface area contributed by atoms with Gasteiger partial charge in [-0.05, 0) is 148 Å². The van der Waals surface area contributed by atoms with Crippen LogP contribution in [0.2, 0.25) is 0 Å². The van der Waals surface area contributed by atoms with Crippen molar-refractivity contribution in [2.45, 2.75) is 57.8 Å². The van der Waals surface area contributed by atoms with E-state index >= 15 is 0 Å². The molecular formula is C59H48. The minimum absolute atomic E-state index is 0.00000132. The molecule has 0 radical (unpaired) electrons. The van der Waals surface area contributed by atoms with E-state index in [1.165, 1.54) is 104 Å². The molecule has 0 bridgehead atoms. The highest BCUT2D eigenvalue weighted by atomic mass is 14.4. The zero-order valence-corrected chi connectivity index (χ0v) is 34.1. The van der Waals surface area contributed by atoms with E-state index in [4.69, 9.17) is 0 Å². The largest absolute Gasteiger partial charge is 0.0842 e. The number of hydrogen-bond acceptors (Lipinski definition) is 0. The van der Waals surface area contributed by atoms with Crippen LogP contribution < -0.4 is 10.4 Å². The van der Waals surface area contributed by atoms with Crippen LogP contribution in [0.1, 0.15) is 84.9 Å². The predicted molar refractivity (Wildman–Crippen MR) is 251 cm³/mol. The van der Waals surface area contributed by atoms with Gasteiger partial charge in [-0.1, -0.05) is 184 Å². The lowest BCUT2D eigenvalue weighted by atomic mass is 9.69. The van der Waals surface area contributed by atoms with E-state index in [0.717, 1.165) is 38.5 Å². The molecule has 0 saturated carbocycles. The van der Waals surface area contributed by atoms with Crippen molar-refractivity contribution in [2.75, 3.05) is 0 Å². The molecule has 0 aromatic heterocycles. The minimum atomic E-state index is -0.00000132. The number of hydrogen-bond donors (Lipinski definition) is 0. The molecule has 0 spiro atoms. The summed E-state index contributed by atoms with van der Waals surface area (Å²) in [6.07, 6.45) is 27.9. The average Bonchev–Trinajstić information content (AvgIpc) is 3.52. The maximum Gasteiger partial charge on any atom is 0.0155 e. The summed E-state index contributed by atoms with van der Waals surface area (Å²) in [7, 11) is 0. The van der Waals surface area contributed by atoms with Gasteiger partial charge in [-0.25, -0.2) is 0 Å². The molecule has 0 fully saturated rings. The third kappa shape index (κ3) is 5.28. The van der Waals surface area contributed by atoms with E-state index in [2.05, 4.69) is 184 Å². The van der Waals surface area contributed by atoms with E-state index in [1.807, 2.05) is 0 Å². The standard InChI is InChI=1S/C59H48/c1-59(2)53-27-15-14-18-43(53)44-33-32-42(36-54(44)59)58-51-25-12-10-23-49(51)57(50-24-11-13-26-52(50)58)41-31-29-38-34-40(30-28-39(38)35-41)56-47-21-8-6-19-45(47)55(37-16-4-3-5-17-37)46-20-7-9-22-48(46)56/h3-4,6-16,18-28,30,34-36,45,47H,5,17,29,31-33H2,1-2H3. The smallest absolute Gasteiger partial charge is 0.0155 e. The molecule has 0 amide bonds. The molecule has 0 heterocycles. The average molecular weight is 757 g/mol. The monoisotopic (exact) mass is 756 g/mol. The van der Waals surface area contributed by atoms with Crippen LogP contribution in [0.25, 0.3) is 55.5 Å². The molecule has 59 heavy (non-hydrogen) atoms. The van der Waals surface area contributed by atoms with Crippen LogP contribution in [0.5, 0.6) is 0 Å². The summed E-state index contributed by atoms with van der Waals surface area (Å²) in [6.45, 7) is 4.83. The molecule has 0 heteroatoms. The topological polar surface area (TPSA) is 0 Å². The molecule has 284 valence electrons. The van der Waals surface area contributed by atoms with Gasteiger partial charge in [-0.2, -0.15) is 0 Å². The molecule has 6 aliphatic carbocycles. The van der Waals surface area contributed by atoms with Crippen molar-refractivity contribution in [1.82, 2.24) is 0 Å². The summed E-state index contributed by atoms with van der Waals surface area (Å²) in [5.74, 6) is 0.664. The first-order valence-electron chi connectivity index (χ1n) is 21.9. The second-order valence-electron chi connectivity index (χ2n) is 18.0. The molecule has 0 saturated heterocycles. The van der Waals surface area contributed by atoms with Gasteiger partial charge in [0.15, 0.2) is 0 Å². The fourth-order valence-corrected chi connectivity index (χ4v) is 11.9. The molecule has 2 unspecified atom stereocenters. The zero-order valence-electron chi connectivity index (χ0n) is 34.1. The van der Waals surface area contributed by atoms with Gasteiger partial charge in [0, 0.05) is 17.3 Å². The Balaban J connectivity index is 0.992. The lowest BCUT2D eigenvalue weighted by Crippen LogP contribution is -2.40. The Morgan fingerprint density at radius 2 is 1.14 bits per heavy atom. The normalized spacial score (nSPS) is 21.1. The van der Waals surface area contributed by atoms with Gasteiger partial charge < -0.3 is 0 Å². The molecular weight excluding hydrogens is 709 g/mol. The lowest BCUT2D eigenvalue weighted by molar-refractivity contribution is 0.652. The highest BCUT2D eigenvalue weighted by Crippen LogP contribution is 2.53. The molecule has 12 rings (SSSR count). The summed E-state index contributed by atoms with van der Waals surface area (Å²) in [4.78, 5) is 0. The second kappa shape index (κ2) is 13.4. The Morgan fingerprint density at radius 1 is 0.525 bits per heavy atom. The third-order valence-electron chi connectivity index (χ3n) is 14.6. The number of rotatable bonds is 4. The Morgan fingerprint density at radius 3 is 1.83 bits per heavy atom. The summed E-state index contributed by atoms with van der Waals surface area (Å²) < 4.78 is 0. The summed E-state index contributed by atoms with van der Waals surface area (Å²) in [5.41, 5.74) is 20.4. The maximum absolute atomic E-state index is 2.58. The van der Waals surface area contributed by atoms with Crippen molar-refractivity contribution in [1.29, 1.82) is 0 Å².